The van der Waals surface area contributed by atoms with Crippen LogP contribution in [0, 0.1) is 0 Å². The topological polar surface area (TPSA) is 67.6 Å². The minimum atomic E-state index is -0.590. The van der Waals surface area contributed by atoms with E-state index in [9.17, 15) is 9.90 Å². The molecular formula is C20H25N3O3. The molecule has 1 fully saturated rings. The number of nitrogens with zero attached hydrogens (tertiary/aromatic N) is 3. The summed E-state index contributed by atoms with van der Waals surface area (Å²) in [7, 11) is 1.65. The molecule has 1 aliphatic heterocycles. The zero-order chi connectivity index (χ0) is 18.3. The fourth-order valence-electron chi connectivity index (χ4n) is 3.83. The standard InChI is InChI=1S/C20H25N3O3/c1-14(24)18-12-16-13-22(10-3-11-23(16)21-18)19(25)20(8-9-20)15-4-6-17(26-2)7-5-15/h4-7,12,14,24H,3,8-11,13H2,1-2H3. The second kappa shape index (κ2) is 6.43. The number of fused-ring (bicyclic) bond motifs is 1. The lowest BCUT2D eigenvalue weighted by molar-refractivity contribution is -0.134. The Morgan fingerprint density at radius 1 is 1.27 bits per heavy atom. The summed E-state index contributed by atoms with van der Waals surface area (Å²) in [5.41, 5.74) is 2.36. The number of methoxy groups -OCH3 is 1. The van der Waals surface area contributed by atoms with Crippen LogP contribution in [0.1, 0.15) is 49.2 Å². The molecule has 0 radical (unpaired) electrons. The largest absolute Gasteiger partial charge is 0.497 e. The number of ether oxygens (including phenoxy) is 1. The molecule has 0 saturated heterocycles. The minimum absolute atomic E-state index is 0.205. The van der Waals surface area contributed by atoms with Crippen molar-refractivity contribution in [2.75, 3.05) is 13.7 Å². The summed E-state index contributed by atoms with van der Waals surface area (Å²) < 4.78 is 7.16. The van der Waals surface area contributed by atoms with E-state index in [0.717, 1.165) is 49.4 Å². The Hall–Kier alpha value is -2.34. The van der Waals surface area contributed by atoms with E-state index < -0.39 is 6.10 Å². The van der Waals surface area contributed by atoms with Gasteiger partial charge < -0.3 is 14.7 Å². The average Bonchev–Trinajstić information content (AvgIpc) is 3.40. The number of hydrogen-bond donors (Lipinski definition) is 1. The van der Waals surface area contributed by atoms with Crippen LogP contribution in [-0.2, 0) is 23.3 Å². The first-order chi connectivity index (χ1) is 12.5. The van der Waals surface area contributed by atoms with Gasteiger partial charge >= 0.3 is 0 Å². The molecule has 1 aromatic heterocycles. The predicted molar refractivity (Wildman–Crippen MR) is 96.8 cm³/mol. The van der Waals surface area contributed by atoms with E-state index in [1.807, 2.05) is 39.9 Å². The van der Waals surface area contributed by atoms with E-state index in [2.05, 4.69) is 5.10 Å². The second-order valence-electron chi connectivity index (χ2n) is 7.35. The summed E-state index contributed by atoms with van der Waals surface area (Å²) in [6.07, 6.45) is 2.07. The average molecular weight is 355 g/mol. The maximum absolute atomic E-state index is 13.4. The molecule has 2 aliphatic rings. The molecule has 26 heavy (non-hydrogen) atoms. The van der Waals surface area contributed by atoms with Crippen LogP contribution in [0.2, 0.25) is 0 Å². The Labute approximate surface area is 153 Å². The molecule has 1 amide bonds. The van der Waals surface area contributed by atoms with Crippen molar-refractivity contribution >= 4 is 5.91 Å². The van der Waals surface area contributed by atoms with E-state index in [1.165, 1.54) is 0 Å². The maximum Gasteiger partial charge on any atom is 0.233 e. The van der Waals surface area contributed by atoms with Crippen LogP contribution in [0.15, 0.2) is 30.3 Å². The molecule has 6 nitrogen and oxygen atoms in total. The van der Waals surface area contributed by atoms with E-state index >= 15 is 0 Å². The third-order valence-electron chi connectivity index (χ3n) is 5.55. The van der Waals surface area contributed by atoms with Crippen molar-refractivity contribution in [1.29, 1.82) is 0 Å². The Bertz CT molecular complexity index is 806. The SMILES string of the molecule is COc1ccc(C2(C(=O)N3CCCn4nc(C(C)O)cc4C3)CC2)cc1. The molecular weight excluding hydrogens is 330 g/mol. The van der Waals surface area contributed by atoms with Crippen LogP contribution in [0.25, 0.3) is 0 Å². The van der Waals surface area contributed by atoms with Gasteiger partial charge in [0.1, 0.15) is 5.75 Å². The molecule has 1 aromatic carbocycles. The quantitative estimate of drug-likeness (QED) is 0.915. The highest BCUT2D eigenvalue weighted by molar-refractivity contribution is 5.91. The molecule has 2 aromatic rings. The molecule has 6 heteroatoms. The summed E-state index contributed by atoms with van der Waals surface area (Å²) in [5, 5.41) is 14.3. The third kappa shape index (κ3) is 2.88. The van der Waals surface area contributed by atoms with Gasteiger partial charge in [-0.05, 0) is 49.9 Å². The zero-order valence-electron chi connectivity index (χ0n) is 15.3. The number of amides is 1. The number of benzene rings is 1. The Kier molecular flexibility index (Phi) is 4.23. The predicted octanol–water partition coefficient (Wildman–Crippen LogP) is 2.41. The van der Waals surface area contributed by atoms with Crippen LogP contribution in [0.3, 0.4) is 0 Å². The monoisotopic (exact) mass is 355 g/mol. The zero-order valence-corrected chi connectivity index (χ0v) is 15.3. The summed E-state index contributed by atoms with van der Waals surface area (Å²) in [5.74, 6) is 1.01. The molecule has 1 unspecified atom stereocenters. The Balaban J connectivity index is 1.57. The van der Waals surface area contributed by atoms with Gasteiger partial charge in [0.05, 0.1) is 36.6 Å². The molecule has 1 aliphatic carbocycles. The molecule has 1 atom stereocenters. The van der Waals surface area contributed by atoms with E-state index in [4.69, 9.17) is 4.74 Å². The van der Waals surface area contributed by atoms with Gasteiger partial charge in [0.2, 0.25) is 5.91 Å². The first-order valence-electron chi connectivity index (χ1n) is 9.22. The molecule has 138 valence electrons. The van der Waals surface area contributed by atoms with Crippen LogP contribution in [-0.4, -0.2) is 39.3 Å². The highest BCUT2D eigenvalue weighted by Crippen LogP contribution is 2.50. The summed E-state index contributed by atoms with van der Waals surface area (Å²) >= 11 is 0. The second-order valence-corrected chi connectivity index (χ2v) is 7.35. The number of aliphatic hydroxyl groups excluding tert-OH is 1. The van der Waals surface area contributed by atoms with Crippen LogP contribution >= 0.6 is 0 Å². The minimum Gasteiger partial charge on any atom is -0.497 e. The highest BCUT2D eigenvalue weighted by Gasteiger charge is 2.53. The fraction of sp³-hybridized carbons (Fsp3) is 0.500. The van der Waals surface area contributed by atoms with Crippen LogP contribution in [0.4, 0.5) is 0 Å². The van der Waals surface area contributed by atoms with Gasteiger partial charge in [0.15, 0.2) is 0 Å². The van der Waals surface area contributed by atoms with Gasteiger partial charge in [0, 0.05) is 13.1 Å². The van der Waals surface area contributed by atoms with Gasteiger partial charge in [-0.1, -0.05) is 12.1 Å². The number of carbonyl (C=O) groups excluding carboxylic acids is 1. The molecule has 0 spiro atoms. The molecule has 2 heterocycles. The summed E-state index contributed by atoms with van der Waals surface area (Å²) in [6, 6.07) is 9.79. The lowest BCUT2D eigenvalue weighted by Gasteiger charge is -2.26. The van der Waals surface area contributed by atoms with Crippen molar-refractivity contribution in [3.05, 3.63) is 47.3 Å². The molecule has 4 rings (SSSR count). The van der Waals surface area contributed by atoms with Gasteiger partial charge in [-0.25, -0.2) is 0 Å². The van der Waals surface area contributed by atoms with E-state index in [1.54, 1.807) is 14.0 Å². The Morgan fingerprint density at radius 2 is 2.00 bits per heavy atom. The first kappa shape index (κ1) is 17.1. The van der Waals surface area contributed by atoms with Crippen LogP contribution < -0.4 is 4.74 Å². The normalized spacial score (nSPS) is 19.4. The van der Waals surface area contributed by atoms with Gasteiger partial charge in [0.25, 0.3) is 0 Å². The highest BCUT2D eigenvalue weighted by atomic mass is 16.5. The number of aromatic nitrogens is 2. The van der Waals surface area contributed by atoms with Crippen molar-refractivity contribution in [2.45, 2.75) is 50.8 Å². The Morgan fingerprint density at radius 3 is 2.62 bits per heavy atom. The van der Waals surface area contributed by atoms with Crippen molar-refractivity contribution in [3.63, 3.8) is 0 Å². The third-order valence-corrected chi connectivity index (χ3v) is 5.55. The fourth-order valence-corrected chi connectivity index (χ4v) is 3.83. The molecule has 1 N–H and O–H groups in total. The van der Waals surface area contributed by atoms with Crippen molar-refractivity contribution in [3.8, 4) is 5.75 Å². The maximum atomic E-state index is 13.4. The van der Waals surface area contributed by atoms with Crippen molar-refractivity contribution in [2.24, 2.45) is 0 Å². The number of hydrogen-bond acceptors (Lipinski definition) is 4. The number of carbonyl (C=O) groups is 1. The van der Waals surface area contributed by atoms with E-state index in [0.29, 0.717) is 12.2 Å². The lowest BCUT2D eigenvalue weighted by atomic mass is 9.94. The van der Waals surface area contributed by atoms with Gasteiger partial charge in [-0.3, -0.25) is 9.48 Å². The smallest absolute Gasteiger partial charge is 0.233 e. The molecule has 1 saturated carbocycles. The van der Waals surface area contributed by atoms with Crippen LogP contribution in [0.5, 0.6) is 5.75 Å². The first-order valence-corrected chi connectivity index (χ1v) is 9.22. The number of aliphatic hydroxyl groups is 1. The number of aryl methyl sites for hydroxylation is 1. The number of rotatable bonds is 4. The summed E-state index contributed by atoms with van der Waals surface area (Å²) in [4.78, 5) is 15.3. The van der Waals surface area contributed by atoms with Crippen molar-refractivity contribution in [1.82, 2.24) is 14.7 Å². The van der Waals surface area contributed by atoms with E-state index in [-0.39, 0.29) is 11.3 Å². The summed E-state index contributed by atoms with van der Waals surface area (Å²) in [6.45, 7) is 3.79. The van der Waals surface area contributed by atoms with Crippen molar-refractivity contribution < 1.29 is 14.6 Å². The van der Waals surface area contributed by atoms with Gasteiger partial charge in [-0.15, -0.1) is 0 Å². The molecule has 0 bridgehead atoms. The van der Waals surface area contributed by atoms with Gasteiger partial charge in [-0.2, -0.15) is 5.10 Å². The lowest BCUT2D eigenvalue weighted by Crippen LogP contribution is -2.39.